The van der Waals surface area contributed by atoms with E-state index in [0.717, 1.165) is 31.9 Å². The highest BCUT2D eigenvalue weighted by Crippen LogP contribution is 2.26. The summed E-state index contributed by atoms with van der Waals surface area (Å²) in [5.74, 6) is -0.510. The number of nitrogens with zero attached hydrogens (tertiary/aromatic N) is 2. The van der Waals surface area contributed by atoms with E-state index in [0.29, 0.717) is 5.56 Å². The minimum Gasteiger partial charge on any atom is -0.463 e. The number of ether oxygens (including phenoxy) is 1. The Morgan fingerprint density at radius 3 is 2.82 bits per heavy atom. The minimum atomic E-state index is -0.510. The van der Waals surface area contributed by atoms with E-state index in [1.165, 1.54) is 18.2 Å². The van der Waals surface area contributed by atoms with Crippen molar-refractivity contribution in [2.24, 2.45) is 0 Å². The number of nitro groups is 1. The van der Waals surface area contributed by atoms with Gasteiger partial charge in [-0.2, -0.15) is 0 Å². The number of esters is 1. The predicted molar refractivity (Wildman–Crippen MR) is 83.8 cm³/mol. The van der Waals surface area contributed by atoms with Crippen molar-refractivity contribution in [2.75, 3.05) is 37.7 Å². The summed E-state index contributed by atoms with van der Waals surface area (Å²) in [5, 5.41) is 14.4. The molecule has 1 fully saturated rings. The number of hydrogen-bond donors (Lipinski definition) is 1. The summed E-state index contributed by atoms with van der Waals surface area (Å²) in [6.07, 6.45) is 2.65. The van der Waals surface area contributed by atoms with Crippen LogP contribution in [0.15, 0.2) is 24.3 Å². The van der Waals surface area contributed by atoms with Gasteiger partial charge in [0.05, 0.1) is 17.1 Å². The Hall–Kier alpha value is -2.41. The molecule has 0 unspecified atom stereocenters. The van der Waals surface area contributed by atoms with Gasteiger partial charge in [0.15, 0.2) is 0 Å². The second-order valence-electron chi connectivity index (χ2n) is 4.82. The van der Waals surface area contributed by atoms with Gasteiger partial charge in [-0.1, -0.05) is 0 Å². The number of hydrogen-bond acceptors (Lipinski definition) is 6. The highest BCUT2D eigenvalue weighted by molar-refractivity contribution is 5.88. The van der Waals surface area contributed by atoms with E-state index in [9.17, 15) is 14.9 Å². The van der Waals surface area contributed by atoms with Gasteiger partial charge in [0.25, 0.3) is 5.69 Å². The molecule has 0 aromatic heterocycles. The molecule has 1 heterocycles. The molecule has 0 amide bonds. The van der Waals surface area contributed by atoms with Crippen molar-refractivity contribution in [3.8, 4) is 0 Å². The molecular formula is C15H19N3O4. The van der Waals surface area contributed by atoms with Crippen molar-refractivity contribution in [2.45, 2.75) is 6.92 Å². The molecule has 1 aromatic carbocycles. The van der Waals surface area contributed by atoms with Crippen molar-refractivity contribution in [3.05, 3.63) is 40.0 Å². The van der Waals surface area contributed by atoms with E-state index in [4.69, 9.17) is 4.74 Å². The van der Waals surface area contributed by atoms with E-state index >= 15 is 0 Å². The molecule has 0 bridgehead atoms. The van der Waals surface area contributed by atoms with Gasteiger partial charge in [-0.3, -0.25) is 10.1 Å². The molecule has 1 N–H and O–H groups in total. The zero-order chi connectivity index (χ0) is 15.9. The number of anilines is 1. The molecule has 1 saturated heterocycles. The summed E-state index contributed by atoms with van der Waals surface area (Å²) in [7, 11) is 0. The predicted octanol–water partition coefficient (Wildman–Crippen LogP) is 1.58. The maximum atomic E-state index is 11.4. The average molecular weight is 305 g/mol. The number of rotatable bonds is 5. The van der Waals surface area contributed by atoms with Crippen LogP contribution in [-0.4, -0.2) is 43.7 Å². The molecule has 118 valence electrons. The highest BCUT2D eigenvalue weighted by atomic mass is 16.6. The molecule has 7 nitrogen and oxygen atoms in total. The monoisotopic (exact) mass is 305 g/mol. The molecule has 7 heteroatoms. The quantitative estimate of drug-likeness (QED) is 0.385. The van der Waals surface area contributed by atoms with Crippen molar-refractivity contribution in [1.29, 1.82) is 0 Å². The maximum Gasteiger partial charge on any atom is 0.330 e. The van der Waals surface area contributed by atoms with Crippen molar-refractivity contribution < 1.29 is 14.5 Å². The third-order valence-corrected chi connectivity index (χ3v) is 3.38. The number of piperazine rings is 1. The Morgan fingerprint density at radius 2 is 2.18 bits per heavy atom. The summed E-state index contributed by atoms with van der Waals surface area (Å²) in [5.41, 5.74) is 1.28. The first-order chi connectivity index (χ1) is 10.6. The standard InChI is InChI=1S/C15H19N3O4/c1-2-22-15(19)6-3-12-11-13(4-5-14(12)18(20)21)17-9-7-16-8-10-17/h3-6,11,16H,2,7-10H2,1H3/b6-3+. The lowest BCUT2D eigenvalue weighted by atomic mass is 10.1. The van der Waals surface area contributed by atoms with E-state index < -0.39 is 10.9 Å². The van der Waals surface area contributed by atoms with Gasteiger partial charge in [-0.25, -0.2) is 4.79 Å². The third kappa shape index (κ3) is 4.05. The van der Waals surface area contributed by atoms with Crippen LogP contribution in [-0.2, 0) is 9.53 Å². The van der Waals surface area contributed by atoms with Crippen LogP contribution >= 0.6 is 0 Å². The van der Waals surface area contributed by atoms with Gasteiger partial charge in [0, 0.05) is 44.0 Å². The lowest BCUT2D eigenvalue weighted by Crippen LogP contribution is -2.43. The van der Waals surface area contributed by atoms with Crippen LogP contribution in [0.1, 0.15) is 12.5 Å². The van der Waals surface area contributed by atoms with Crippen molar-refractivity contribution in [1.82, 2.24) is 5.32 Å². The summed E-state index contributed by atoms with van der Waals surface area (Å²) >= 11 is 0. The van der Waals surface area contributed by atoms with Crippen LogP contribution in [0.2, 0.25) is 0 Å². The van der Waals surface area contributed by atoms with E-state index in [2.05, 4.69) is 10.2 Å². The zero-order valence-electron chi connectivity index (χ0n) is 12.4. The fourth-order valence-electron chi connectivity index (χ4n) is 2.31. The van der Waals surface area contributed by atoms with Crippen LogP contribution < -0.4 is 10.2 Å². The molecule has 0 radical (unpaired) electrons. The Balaban J connectivity index is 2.27. The number of nitro benzene ring substituents is 1. The zero-order valence-corrected chi connectivity index (χ0v) is 12.4. The van der Waals surface area contributed by atoms with Crippen molar-refractivity contribution in [3.63, 3.8) is 0 Å². The van der Waals surface area contributed by atoms with Crippen LogP contribution in [0.5, 0.6) is 0 Å². The molecule has 0 atom stereocenters. The largest absolute Gasteiger partial charge is 0.463 e. The minimum absolute atomic E-state index is 0.0283. The molecule has 22 heavy (non-hydrogen) atoms. The number of benzene rings is 1. The highest BCUT2D eigenvalue weighted by Gasteiger charge is 2.16. The Labute approximate surface area is 128 Å². The first kappa shape index (κ1) is 16.0. The number of carbonyl (C=O) groups is 1. The Kier molecular flexibility index (Phi) is 5.48. The Bertz CT molecular complexity index is 580. The molecule has 2 rings (SSSR count). The smallest absolute Gasteiger partial charge is 0.330 e. The van der Waals surface area contributed by atoms with E-state index in [1.54, 1.807) is 19.1 Å². The molecule has 0 aliphatic carbocycles. The van der Waals surface area contributed by atoms with Gasteiger partial charge in [-0.15, -0.1) is 0 Å². The fraction of sp³-hybridized carbons (Fsp3) is 0.400. The number of nitrogens with one attached hydrogen (secondary N) is 1. The van der Waals surface area contributed by atoms with Crippen LogP contribution in [0, 0.1) is 10.1 Å². The molecule has 1 aliphatic heterocycles. The SMILES string of the molecule is CCOC(=O)/C=C/c1cc(N2CCNCC2)ccc1[N+](=O)[O-]. The molecule has 0 spiro atoms. The lowest BCUT2D eigenvalue weighted by Gasteiger charge is -2.29. The van der Waals surface area contributed by atoms with Crippen LogP contribution in [0.3, 0.4) is 0 Å². The maximum absolute atomic E-state index is 11.4. The van der Waals surface area contributed by atoms with Gasteiger partial charge < -0.3 is 15.0 Å². The van der Waals surface area contributed by atoms with Gasteiger partial charge in [0.1, 0.15) is 0 Å². The van der Waals surface area contributed by atoms with E-state index in [-0.39, 0.29) is 12.3 Å². The number of carbonyl (C=O) groups excluding carboxylic acids is 1. The average Bonchev–Trinajstić information content (AvgIpc) is 2.53. The first-order valence-corrected chi connectivity index (χ1v) is 7.20. The topological polar surface area (TPSA) is 84.7 Å². The fourth-order valence-corrected chi connectivity index (χ4v) is 2.31. The molecule has 0 saturated carbocycles. The van der Waals surface area contributed by atoms with Crippen molar-refractivity contribution >= 4 is 23.4 Å². The van der Waals surface area contributed by atoms with Gasteiger partial charge in [-0.05, 0) is 25.1 Å². The molecule has 1 aliphatic rings. The second-order valence-corrected chi connectivity index (χ2v) is 4.82. The normalized spacial score (nSPS) is 15.0. The first-order valence-electron chi connectivity index (χ1n) is 7.20. The van der Waals surface area contributed by atoms with E-state index in [1.807, 2.05) is 0 Å². The van der Waals surface area contributed by atoms with Gasteiger partial charge in [0.2, 0.25) is 0 Å². The van der Waals surface area contributed by atoms with Gasteiger partial charge >= 0.3 is 5.97 Å². The lowest BCUT2D eigenvalue weighted by molar-refractivity contribution is -0.385. The summed E-state index contributed by atoms with van der Waals surface area (Å²) in [4.78, 5) is 24.2. The van der Waals surface area contributed by atoms with Crippen LogP contribution in [0.25, 0.3) is 6.08 Å². The molecule has 1 aromatic rings. The summed E-state index contributed by atoms with van der Waals surface area (Å²) in [6.45, 7) is 5.43. The summed E-state index contributed by atoms with van der Waals surface area (Å²) < 4.78 is 4.80. The molecular weight excluding hydrogens is 286 g/mol. The van der Waals surface area contributed by atoms with Crippen LogP contribution in [0.4, 0.5) is 11.4 Å². The summed E-state index contributed by atoms with van der Waals surface area (Å²) in [6, 6.07) is 4.95. The second kappa shape index (κ2) is 7.56. The Morgan fingerprint density at radius 1 is 1.45 bits per heavy atom. The third-order valence-electron chi connectivity index (χ3n) is 3.38.